The first-order valence-corrected chi connectivity index (χ1v) is 5.36. The highest BCUT2D eigenvalue weighted by Gasteiger charge is 2.13. The molecule has 0 saturated carbocycles. The maximum absolute atomic E-state index is 9.57. The number of hydrogen-bond acceptors (Lipinski definition) is 6. The third kappa shape index (κ3) is 2.79. The summed E-state index contributed by atoms with van der Waals surface area (Å²) in [6, 6.07) is 3.14. The molecule has 0 bridgehead atoms. The van der Waals surface area contributed by atoms with E-state index < -0.39 is 0 Å². The van der Waals surface area contributed by atoms with Crippen LogP contribution in [0.1, 0.15) is 19.2 Å². The fourth-order valence-electron chi connectivity index (χ4n) is 1.28. The highest BCUT2D eigenvalue weighted by Crippen LogP contribution is 2.24. The Labute approximate surface area is 98.3 Å². The van der Waals surface area contributed by atoms with Gasteiger partial charge < -0.3 is 14.4 Å². The van der Waals surface area contributed by atoms with Crippen LogP contribution >= 0.6 is 0 Å². The van der Waals surface area contributed by atoms with Crippen LogP contribution in [0.5, 0.6) is 5.75 Å². The lowest BCUT2D eigenvalue weighted by atomic mass is 10.3. The predicted octanol–water partition coefficient (Wildman–Crippen LogP) is 1.76. The van der Waals surface area contributed by atoms with E-state index in [0.29, 0.717) is 19.0 Å². The largest absolute Gasteiger partial charge is 0.505 e. The van der Waals surface area contributed by atoms with Crippen molar-refractivity contribution < 1.29 is 14.4 Å². The number of pyridine rings is 1. The molecule has 0 aliphatic rings. The van der Waals surface area contributed by atoms with Crippen LogP contribution < -0.4 is 0 Å². The van der Waals surface area contributed by atoms with Crippen molar-refractivity contribution in [2.24, 2.45) is 0 Å². The minimum absolute atomic E-state index is 0.0113. The zero-order valence-corrected chi connectivity index (χ0v) is 9.46. The van der Waals surface area contributed by atoms with Crippen LogP contribution in [-0.2, 0) is 11.3 Å². The van der Waals surface area contributed by atoms with Gasteiger partial charge in [-0.1, -0.05) is 12.1 Å². The smallest absolute Gasteiger partial charge is 0.280 e. The van der Waals surface area contributed by atoms with Gasteiger partial charge in [-0.15, -0.1) is 0 Å². The average molecular weight is 235 g/mol. The molecule has 0 aliphatic heterocycles. The van der Waals surface area contributed by atoms with Gasteiger partial charge in [-0.05, 0) is 18.6 Å². The Morgan fingerprint density at radius 1 is 1.47 bits per heavy atom. The maximum atomic E-state index is 9.57. The normalized spacial score (nSPS) is 10.6. The molecule has 0 saturated heterocycles. The van der Waals surface area contributed by atoms with Gasteiger partial charge in [0.05, 0.1) is 0 Å². The summed E-state index contributed by atoms with van der Waals surface area (Å²) in [6.45, 7) is 2.97. The summed E-state index contributed by atoms with van der Waals surface area (Å²) in [4.78, 5) is 8.06. The van der Waals surface area contributed by atoms with E-state index in [1.807, 2.05) is 6.92 Å². The van der Waals surface area contributed by atoms with Crippen molar-refractivity contribution in [1.82, 2.24) is 15.1 Å². The average Bonchev–Trinajstić information content (AvgIpc) is 2.79. The summed E-state index contributed by atoms with van der Waals surface area (Å²) in [7, 11) is 0. The van der Waals surface area contributed by atoms with E-state index in [1.165, 1.54) is 6.07 Å². The lowest BCUT2D eigenvalue weighted by Gasteiger charge is -1.96. The Balaban J connectivity index is 2.10. The Morgan fingerprint density at radius 2 is 2.35 bits per heavy atom. The molecule has 6 heteroatoms. The van der Waals surface area contributed by atoms with Gasteiger partial charge in [0.25, 0.3) is 5.89 Å². The van der Waals surface area contributed by atoms with Crippen LogP contribution in [0.3, 0.4) is 0 Å². The van der Waals surface area contributed by atoms with Gasteiger partial charge in [-0.3, -0.25) is 0 Å². The molecule has 0 radical (unpaired) electrons. The molecule has 2 rings (SSSR count). The van der Waals surface area contributed by atoms with Crippen LogP contribution in [0, 0.1) is 0 Å². The van der Waals surface area contributed by atoms with Gasteiger partial charge in [0.1, 0.15) is 12.4 Å². The summed E-state index contributed by atoms with van der Waals surface area (Å²) in [5, 5.41) is 13.3. The van der Waals surface area contributed by atoms with Gasteiger partial charge >= 0.3 is 0 Å². The molecule has 90 valence electrons. The molecule has 1 N–H and O–H groups in total. The van der Waals surface area contributed by atoms with Crippen molar-refractivity contribution >= 4 is 0 Å². The molecular weight excluding hydrogens is 222 g/mol. The first kappa shape index (κ1) is 11.5. The van der Waals surface area contributed by atoms with Crippen LogP contribution in [0.15, 0.2) is 22.9 Å². The van der Waals surface area contributed by atoms with Gasteiger partial charge in [0.2, 0.25) is 0 Å². The monoisotopic (exact) mass is 235 g/mol. The molecule has 0 atom stereocenters. The molecule has 17 heavy (non-hydrogen) atoms. The summed E-state index contributed by atoms with van der Waals surface area (Å²) in [6.07, 6.45) is 2.48. The Hall–Kier alpha value is -1.95. The molecule has 0 amide bonds. The van der Waals surface area contributed by atoms with Crippen molar-refractivity contribution in [2.75, 3.05) is 6.61 Å². The van der Waals surface area contributed by atoms with Gasteiger partial charge in [-0.25, -0.2) is 4.98 Å². The summed E-state index contributed by atoms with van der Waals surface area (Å²) >= 11 is 0. The molecule has 2 aromatic rings. The summed E-state index contributed by atoms with van der Waals surface area (Å²) in [5.74, 6) is 0.647. The van der Waals surface area contributed by atoms with E-state index in [4.69, 9.17) is 9.26 Å². The third-order valence-electron chi connectivity index (χ3n) is 2.04. The topological polar surface area (TPSA) is 81.3 Å². The van der Waals surface area contributed by atoms with Crippen molar-refractivity contribution in [3.63, 3.8) is 0 Å². The van der Waals surface area contributed by atoms with Crippen molar-refractivity contribution in [2.45, 2.75) is 20.0 Å². The predicted molar refractivity (Wildman–Crippen MR) is 59.1 cm³/mol. The molecule has 2 heterocycles. The van der Waals surface area contributed by atoms with E-state index in [1.54, 1.807) is 12.3 Å². The van der Waals surface area contributed by atoms with E-state index in [-0.39, 0.29) is 17.3 Å². The van der Waals surface area contributed by atoms with Crippen LogP contribution in [0.4, 0.5) is 0 Å². The second-order valence-corrected chi connectivity index (χ2v) is 3.44. The van der Waals surface area contributed by atoms with Crippen molar-refractivity contribution in [3.8, 4) is 17.3 Å². The quantitative estimate of drug-likeness (QED) is 0.795. The number of rotatable bonds is 5. The molecule has 0 aromatic carbocycles. The highest BCUT2D eigenvalue weighted by atomic mass is 16.5. The first-order chi connectivity index (χ1) is 8.31. The van der Waals surface area contributed by atoms with E-state index in [2.05, 4.69) is 15.1 Å². The van der Waals surface area contributed by atoms with Gasteiger partial charge in [0, 0.05) is 12.8 Å². The molecular formula is C11H13N3O3. The van der Waals surface area contributed by atoms with Crippen LogP contribution in [0.25, 0.3) is 11.6 Å². The number of aromatic nitrogens is 3. The second kappa shape index (κ2) is 5.40. The second-order valence-electron chi connectivity index (χ2n) is 3.44. The SMILES string of the molecule is CCCOCc1noc(-c2ncccc2O)n1. The third-order valence-corrected chi connectivity index (χ3v) is 2.04. The Morgan fingerprint density at radius 3 is 3.12 bits per heavy atom. The lowest BCUT2D eigenvalue weighted by molar-refractivity contribution is 0.114. The fourth-order valence-corrected chi connectivity index (χ4v) is 1.28. The summed E-state index contributed by atoms with van der Waals surface area (Å²) < 4.78 is 10.3. The van der Waals surface area contributed by atoms with Crippen molar-refractivity contribution in [1.29, 1.82) is 0 Å². The zero-order valence-electron chi connectivity index (χ0n) is 9.46. The minimum atomic E-state index is 0.0113. The van der Waals surface area contributed by atoms with Gasteiger partial charge in [0.15, 0.2) is 11.5 Å². The molecule has 0 spiro atoms. The molecule has 0 unspecified atom stereocenters. The standard InChI is InChI=1S/C11H13N3O3/c1-2-6-16-7-9-13-11(17-14-9)10-8(15)4-3-5-12-10/h3-5,15H,2,6-7H2,1H3. The number of aromatic hydroxyl groups is 1. The molecule has 2 aromatic heterocycles. The molecule has 0 fully saturated rings. The van der Waals surface area contributed by atoms with Gasteiger partial charge in [-0.2, -0.15) is 4.98 Å². The van der Waals surface area contributed by atoms with E-state index >= 15 is 0 Å². The Bertz CT molecular complexity index is 484. The van der Waals surface area contributed by atoms with E-state index in [0.717, 1.165) is 6.42 Å². The minimum Gasteiger partial charge on any atom is -0.505 e. The summed E-state index contributed by atoms with van der Waals surface area (Å²) in [5.41, 5.74) is 0.279. The van der Waals surface area contributed by atoms with Crippen molar-refractivity contribution in [3.05, 3.63) is 24.2 Å². The number of hydrogen-bond donors (Lipinski definition) is 1. The fraction of sp³-hybridized carbons (Fsp3) is 0.364. The molecule has 0 aliphatic carbocycles. The molecule has 6 nitrogen and oxygen atoms in total. The number of ether oxygens (including phenoxy) is 1. The number of nitrogens with zero attached hydrogens (tertiary/aromatic N) is 3. The zero-order chi connectivity index (χ0) is 12.1. The van der Waals surface area contributed by atoms with Crippen LogP contribution in [-0.4, -0.2) is 26.8 Å². The van der Waals surface area contributed by atoms with E-state index in [9.17, 15) is 5.11 Å². The van der Waals surface area contributed by atoms with Crippen LogP contribution in [0.2, 0.25) is 0 Å². The highest BCUT2D eigenvalue weighted by molar-refractivity contribution is 5.55. The maximum Gasteiger partial charge on any atom is 0.280 e. The Kier molecular flexibility index (Phi) is 3.66. The first-order valence-electron chi connectivity index (χ1n) is 5.36. The lowest BCUT2D eigenvalue weighted by Crippen LogP contribution is -1.95.